The number of aryl methyl sites for hydroxylation is 1. The van der Waals surface area contributed by atoms with E-state index < -0.39 is 10.2 Å². The number of rotatable bonds is 2. The molecule has 0 amide bonds. The van der Waals surface area contributed by atoms with Gasteiger partial charge in [-0.2, -0.15) is 8.42 Å². The van der Waals surface area contributed by atoms with Gasteiger partial charge in [-0.05, 0) is 30.7 Å². The number of benzene rings is 1. The van der Waals surface area contributed by atoms with E-state index in [1.54, 1.807) is 12.1 Å². The van der Waals surface area contributed by atoms with Crippen molar-refractivity contribution in [3.8, 4) is 11.8 Å². The van der Waals surface area contributed by atoms with Gasteiger partial charge in [-0.15, -0.1) is 0 Å². The van der Waals surface area contributed by atoms with Gasteiger partial charge in [0.2, 0.25) is 0 Å². The monoisotopic (exact) mass is 239 g/mol. The van der Waals surface area contributed by atoms with E-state index in [9.17, 15) is 8.42 Å². The first-order valence-corrected chi connectivity index (χ1v) is 6.06. The van der Waals surface area contributed by atoms with Gasteiger partial charge in [0.1, 0.15) is 0 Å². The van der Waals surface area contributed by atoms with Gasteiger partial charge >= 0.3 is 0 Å². The topological polar surface area (TPSA) is 98.2 Å². The van der Waals surface area contributed by atoms with Gasteiger partial charge in [0.25, 0.3) is 10.2 Å². The first kappa shape index (κ1) is 12.5. The normalized spacial score (nSPS) is 10.4. The molecular weight excluding hydrogens is 226 g/mol. The van der Waals surface area contributed by atoms with Gasteiger partial charge < -0.3 is 5.73 Å². The van der Waals surface area contributed by atoms with Gasteiger partial charge in [0.05, 0.1) is 12.2 Å². The molecule has 0 aliphatic heterocycles. The molecule has 1 aromatic rings. The molecule has 1 aromatic carbocycles. The molecule has 0 saturated heterocycles. The zero-order valence-electron chi connectivity index (χ0n) is 8.82. The van der Waals surface area contributed by atoms with Crippen molar-refractivity contribution in [1.29, 1.82) is 0 Å². The third kappa shape index (κ3) is 4.31. The maximum atomic E-state index is 10.8. The van der Waals surface area contributed by atoms with Crippen molar-refractivity contribution in [3.63, 3.8) is 0 Å². The highest BCUT2D eigenvalue weighted by Crippen LogP contribution is 2.14. The Balaban J connectivity index is 3.08. The van der Waals surface area contributed by atoms with Crippen LogP contribution in [0.4, 0.5) is 5.69 Å². The van der Waals surface area contributed by atoms with E-state index in [1.165, 1.54) is 0 Å². The third-order valence-corrected chi connectivity index (χ3v) is 2.19. The van der Waals surface area contributed by atoms with Crippen LogP contribution in [0.15, 0.2) is 18.2 Å². The van der Waals surface area contributed by atoms with Crippen molar-refractivity contribution in [1.82, 2.24) is 0 Å². The van der Waals surface area contributed by atoms with Gasteiger partial charge in [-0.1, -0.05) is 11.8 Å². The van der Waals surface area contributed by atoms with Crippen molar-refractivity contribution in [3.05, 3.63) is 29.3 Å². The summed E-state index contributed by atoms with van der Waals surface area (Å²) in [4.78, 5) is 0. The molecule has 5 N–H and O–H groups in total. The predicted octanol–water partition coefficient (Wildman–Crippen LogP) is -0.0794. The van der Waals surface area contributed by atoms with Crippen LogP contribution in [-0.4, -0.2) is 15.0 Å². The Morgan fingerprint density at radius 3 is 2.62 bits per heavy atom. The maximum absolute atomic E-state index is 10.8. The largest absolute Gasteiger partial charge is 0.320 e. The summed E-state index contributed by atoms with van der Waals surface area (Å²) in [6.07, 6.45) is 0. The van der Waals surface area contributed by atoms with Gasteiger partial charge in [-0.3, -0.25) is 4.72 Å². The van der Waals surface area contributed by atoms with Crippen LogP contribution in [0.25, 0.3) is 0 Å². The Hall–Kier alpha value is -1.55. The summed E-state index contributed by atoms with van der Waals surface area (Å²) in [6.45, 7) is 2.09. The zero-order valence-corrected chi connectivity index (χ0v) is 9.64. The Bertz CT molecular complexity index is 541. The number of hydrogen-bond acceptors (Lipinski definition) is 3. The van der Waals surface area contributed by atoms with Crippen molar-refractivity contribution in [2.24, 2.45) is 10.9 Å². The number of nitrogens with one attached hydrogen (secondary N) is 1. The fraction of sp³-hybridized carbons (Fsp3) is 0.200. The summed E-state index contributed by atoms with van der Waals surface area (Å²) < 4.78 is 23.9. The summed E-state index contributed by atoms with van der Waals surface area (Å²) in [5, 5.41) is 4.87. The first-order valence-electron chi connectivity index (χ1n) is 4.52. The molecule has 0 unspecified atom stereocenters. The average molecular weight is 239 g/mol. The van der Waals surface area contributed by atoms with Crippen molar-refractivity contribution < 1.29 is 8.42 Å². The summed E-state index contributed by atoms with van der Waals surface area (Å²) in [5.41, 5.74) is 7.22. The maximum Gasteiger partial charge on any atom is 0.296 e. The molecule has 0 aliphatic rings. The van der Waals surface area contributed by atoms with Crippen molar-refractivity contribution in [2.75, 3.05) is 11.3 Å². The second kappa shape index (κ2) is 4.99. The molecule has 0 saturated carbocycles. The molecular formula is C10H13N3O2S. The Morgan fingerprint density at radius 1 is 1.38 bits per heavy atom. The van der Waals surface area contributed by atoms with Crippen LogP contribution in [0.5, 0.6) is 0 Å². The highest BCUT2D eigenvalue weighted by molar-refractivity contribution is 7.90. The minimum Gasteiger partial charge on any atom is -0.320 e. The SMILES string of the molecule is Cc1cc(C#CCN)cc(NS(N)(=O)=O)c1. The van der Waals surface area contributed by atoms with Crippen LogP contribution >= 0.6 is 0 Å². The molecule has 86 valence electrons. The quantitative estimate of drug-likeness (QED) is 0.629. The Kier molecular flexibility index (Phi) is 3.90. The lowest BCUT2D eigenvalue weighted by Crippen LogP contribution is -2.21. The molecule has 0 heterocycles. The van der Waals surface area contributed by atoms with Crippen LogP contribution in [0.3, 0.4) is 0 Å². The van der Waals surface area contributed by atoms with E-state index in [0.717, 1.165) is 5.56 Å². The van der Waals surface area contributed by atoms with E-state index >= 15 is 0 Å². The molecule has 0 radical (unpaired) electrons. The zero-order chi connectivity index (χ0) is 12.2. The van der Waals surface area contributed by atoms with Gasteiger partial charge in [0.15, 0.2) is 0 Å². The van der Waals surface area contributed by atoms with Crippen LogP contribution < -0.4 is 15.6 Å². The van der Waals surface area contributed by atoms with Gasteiger partial charge in [0, 0.05) is 5.56 Å². The molecule has 5 nitrogen and oxygen atoms in total. The van der Waals surface area contributed by atoms with Crippen LogP contribution in [-0.2, 0) is 10.2 Å². The lowest BCUT2D eigenvalue weighted by atomic mass is 10.1. The molecule has 0 bridgehead atoms. The van der Waals surface area contributed by atoms with E-state index in [-0.39, 0.29) is 6.54 Å². The summed E-state index contributed by atoms with van der Waals surface area (Å²) in [6, 6.07) is 5.09. The number of nitrogens with two attached hydrogens (primary N) is 2. The summed E-state index contributed by atoms with van der Waals surface area (Å²) in [5.74, 6) is 5.51. The van der Waals surface area contributed by atoms with Crippen LogP contribution in [0.2, 0.25) is 0 Å². The smallest absolute Gasteiger partial charge is 0.296 e. The van der Waals surface area contributed by atoms with Crippen molar-refractivity contribution in [2.45, 2.75) is 6.92 Å². The van der Waals surface area contributed by atoms with E-state index in [1.807, 2.05) is 13.0 Å². The Morgan fingerprint density at radius 2 is 2.06 bits per heavy atom. The Labute approximate surface area is 95.0 Å². The molecule has 0 aliphatic carbocycles. The average Bonchev–Trinajstić information content (AvgIpc) is 2.10. The molecule has 1 rings (SSSR count). The van der Waals surface area contributed by atoms with Gasteiger partial charge in [-0.25, -0.2) is 5.14 Å². The fourth-order valence-corrected chi connectivity index (χ4v) is 1.68. The van der Waals surface area contributed by atoms with E-state index in [2.05, 4.69) is 16.6 Å². The predicted molar refractivity (Wildman–Crippen MR) is 63.8 cm³/mol. The minimum atomic E-state index is -3.75. The highest BCUT2D eigenvalue weighted by atomic mass is 32.2. The standard InChI is InChI=1S/C10H13N3O2S/c1-8-5-9(3-2-4-11)7-10(6-8)13-16(12,14)15/h5-7,13H,4,11H2,1H3,(H2,12,14,15). The molecule has 6 heteroatoms. The second-order valence-electron chi connectivity index (χ2n) is 3.24. The molecule has 0 aromatic heterocycles. The fourth-order valence-electron chi connectivity index (χ4n) is 1.23. The number of anilines is 1. The lowest BCUT2D eigenvalue weighted by molar-refractivity contribution is 0.603. The third-order valence-electron chi connectivity index (χ3n) is 1.67. The number of hydrogen-bond donors (Lipinski definition) is 3. The molecule has 0 atom stereocenters. The molecule has 0 fully saturated rings. The summed E-state index contributed by atoms with van der Waals surface area (Å²) >= 11 is 0. The van der Waals surface area contributed by atoms with Crippen LogP contribution in [0.1, 0.15) is 11.1 Å². The summed E-state index contributed by atoms with van der Waals surface area (Å²) in [7, 11) is -3.75. The highest BCUT2D eigenvalue weighted by Gasteiger charge is 2.03. The minimum absolute atomic E-state index is 0.256. The molecule has 16 heavy (non-hydrogen) atoms. The van der Waals surface area contributed by atoms with E-state index in [4.69, 9.17) is 10.9 Å². The lowest BCUT2D eigenvalue weighted by Gasteiger charge is -2.05. The first-order chi connectivity index (χ1) is 7.40. The van der Waals surface area contributed by atoms with Crippen molar-refractivity contribution >= 4 is 15.9 Å². The van der Waals surface area contributed by atoms with Crippen LogP contribution in [0, 0.1) is 18.8 Å². The second-order valence-corrected chi connectivity index (χ2v) is 4.53. The van der Waals surface area contributed by atoms with E-state index in [0.29, 0.717) is 11.3 Å². The molecule has 0 spiro atoms.